The maximum absolute atomic E-state index is 9.58. The number of aromatic hydroxyl groups is 1. The van der Waals surface area contributed by atoms with Crippen LogP contribution in [0.25, 0.3) is 0 Å². The fraction of sp³-hybridized carbons (Fsp3) is 0.714. The van der Waals surface area contributed by atoms with E-state index in [0.717, 1.165) is 24.8 Å². The van der Waals surface area contributed by atoms with Crippen LogP contribution >= 0.6 is 0 Å². The van der Waals surface area contributed by atoms with Crippen molar-refractivity contribution in [1.82, 2.24) is 0 Å². The van der Waals surface area contributed by atoms with Gasteiger partial charge in [0.25, 0.3) is 0 Å². The van der Waals surface area contributed by atoms with Crippen molar-refractivity contribution in [2.75, 3.05) is 0 Å². The Labute approximate surface area is 142 Å². The molecule has 0 bridgehead atoms. The highest BCUT2D eigenvalue weighted by atomic mass is 16.3. The van der Waals surface area contributed by atoms with Gasteiger partial charge in [0.2, 0.25) is 0 Å². The minimum atomic E-state index is 0.0359. The predicted octanol–water partition coefficient (Wildman–Crippen LogP) is 6.00. The molecule has 0 aromatic heterocycles. The summed E-state index contributed by atoms with van der Waals surface area (Å²) in [7, 11) is 0. The Balaban J connectivity index is 0.000000313. The van der Waals surface area contributed by atoms with Crippen LogP contribution in [0.1, 0.15) is 89.5 Å². The Kier molecular flexibility index (Phi) is 11.7. The van der Waals surface area contributed by atoms with E-state index in [2.05, 4.69) is 6.92 Å². The maximum Gasteiger partial charge on any atom is 0.118 e. The summed E-state index contributed by atoms with van der Waals surface area (Å²) in [6.45, 7) is 2.25. The van der Waals surface area contributed by atoms with Gasteiger partial charge >= 0.3 is 0 Å². The second-order valence-electron chi connectivity index (χ2n) is 6.79. The third-order valence-electron chi connectivity index (χ3n) is 4.62. The van der Waals surface area contributed by atoms with Gasteiger partial charge in [-0.2, -0.15) is 0 Å². The summed E-state index contributed by atoms with van der Waals surface area (Å²) >= 11 is 0. The minimum Gasteiger partial charge on any atom is -0.508 e. The lowest BCUT2D eigenvalue weighted by Crippen LogP contribution is -2.09. The van der Waals surface area contributed by atoms with Crippen LogP contribution in [0.15, 0.2) is 24.3 Å². The number of benzene rings is 1. The molecule has 0 heterocycles. The zero-order valence-electron chi connectivity index (χ0n) is 15.0. The summed E-state index contributed by atoms with van der Waals surface area (Å²) in [4.78, 5) is 0. The highest BCUT2D eigenvalue weighted by Gasteiger charge is 2.07. The first-order chi connectivity index (χ1) is 11.2. The summed E-state index contributed by atoms with van der Waals surface area (Å²) < 4.78 is 0. The van der Waals surface area contributed by atoms with Gasteiger partial charge in [0.15, 0.2) is 0 Å². The molecule has 1 aliphatic carbocycles. The van der Waals surface area contributed by atoms with E-state index in [1.807, 2.05) is 18.2 Å². The Morgan fingerprint density at radius 1 is 0.870 bits per heavy atom. The molecule has 1 saturated carbocycles. The molecule has 0 amide bonds. The molecular formula is C21H36O2. The molecule has 1 aliphatic rings. The average Bonchev–Trinajstić information content (AvgIpc) is 2.57. The van der Waals surface area contributed by atoms with Gasteiger partial charge in [-0.25, -0.2) is 0 Å². The fourth-order valence-electron chi connectivity index (χ4n) is 3.08. The molecule has 1 aromatic rings. The molecule has 1 fully saturated rings. The number of hydrogen-bond donors (Lipinski definition) is 2. The van der Waals surface area contributed by atoms with E-state index in [0.29, 0.717) is 5.75 Å². The fourth-order valence-corrected chi connectivity index (χ4v) is 3.08. The lowest BCUT2D eigenvalue weighted by atomic mass is 9.98. The summed E-state index contributed by atoms with van der Waals surface area (Å²) in [5, 5.41) is 18.5. The van der Waals surface area contributed by atoms with Crippen molar-refractivity contribution in [1.29, 1.82) is 0 Å². The summed E-state index contributed by atoms with van der Waals surface area (Å²) in [5.74, 6) is 0.452. The lowest BCUT2D eigenvalue weighted by molar-refractivity contribution is 0.130. The van der Waals surface area contributed by atoms with Gasteiger partial charge < -0.3 is 10.2 Å². The zero-order valence-corrected chi connectivity index (χ0v) is 15.0. The van der Waals surface area contributed by atoms with Gasteiger partial charge in [-0.15, -0.1) is 0 Å². The van der Waals surface area contributed by atoms with Crippen LogP contribution in [0.2, 0.25) is 0 Å². The third-order valence-corrected chi connectivity index (χ3v) is 4.62. The van der Waals surface area contributed by atoms with E-state index < -0.39 is 0 Å². The number of rotatable bonds is 8. The Morgan fingerprint density at radius 3 is 2.04 bits per heavy atom. The Bertz CT molecular complexity index is 383. The lowest BCUT2D eigenvalue weighted by Gasteiger charge is -2.14. The highest BCUT2D eigenvalue weighted by molar-refractivity contribution is 5.31. The maximum atomic E-state index is 9.58. The van der Waals surface area contributed by atoms with Gasteiger partial charge in [0.1, 0.15) is 5.75 Å². The van der Waals surface area contributed by atoms with Gasteiger partial charge in [0, 0.05) is 0 Å². The third kappa shape index (κ3) is 10.4. The van der Waals surface area contributed by atoms with Gasteiger partial charge in [-0.05, 0) is 37.3 Å². The number of hydrogen-bond acceptors (Lipinski definition) is 2. The summed E-state index contributed by atoms with van der Waals surface area (Å²) in [6.07, 6.45) is 16.2. The zero-order chi connectivity index (χ0) is 16.8. The molecule has 1 aromatic carbocycles. The second-order valence-corrected chi connectivity index (χ2v) is 6.79. The molecule has 0 saturated heterocycles. The minimum absolute atomic E-state index is 0.0359. The summed E-state index contributed by atoms with van der Waals surface area (Å²) in [6, 6.07) is 7.67. The summed E-state index contributed by atoms with van der Waals surface area (Å²) in [5.41, 5.74) is 1.09. The molecule has 0 spiro atoms. The topological polar surface area (TPSA) is 40.5 Å². The van der Waals surface area contributed by atoms with Crippen molar-refractivity contribution in [3.05, 3.63) is 29.8 Å². The second kappa shape index (κ2) is 13.4. The molecule has 0 aliphatic heterocycles. The largest absolute Gasteiger partial charge is 0.508 e. The standard InChI is InChI=1S/C15H24O.C6H12O/c1-2-3-4-5-6-7-8-11-14-12-9-10-13-15(14)16;7-6-4-2-1-3-5-6/h9-10,12-13,16H,2-8,11H2,1H3;6-7H,1-5H2. The molecule has 23 heavy (non-hydrogen) atoms. The van der Waals surface area contributed by atoms with Crippen molar-refractivity contribution in [2.45, 2.75) is 96.5 Å². The smallest absolute Gasteiger partial charge is 0.118 e. The monoisotopic (exact) mass is 320 g/mol. The molecule has 0 radical (unpaired) electrons. The molecule has 132 valence electrons. The van der Waals surface area contributed by atoms with Crippen LogP contribution in [0.3, 0.4) is 0 Å². The molecule has 2 rings (SSSR count). The molecule has 2 N–H and O–H groups in total. The van der Waals surface area contributed by atoms with Crippen molar-refractivity contribution in [2.24, 2.45) is 0 Å². The predicted molar refractivity (Wildman–Crippen MR) is 98.9 cm³/mol. The van der Waals surface area contributed by atoms with E-state index in [9.17, 15) is 5.11 Å². The Morgan fingerprint density at radius 2 is 1.48 bits per heavy atom. The van der Waals surface area contributed by atoms with Crippen LogP contribution < -0.4 is 0 Å². The van der Waals surface area contributed by atoms with Crippen LogP contribution in [0.5, 0.6) is 5.75 Å². The number of unbranched alkanes of at least 4 members (excludes halogenated alkanes) is 6. The van der Waals surface area contributed by atoms with Gasteiger partial charge in [-0.3, -0.25) is 0 Å². The first-order valence-corrected chi connectivity index (χ1v) is 9.69. The van der Waals surface area contributed by atoms with E-state index in [-0.39, 0.29) is 6.10 Å². The van der Waals surface area contributed by atoms with E-state index >= 15 is 0 Å². The van der Waals surface area contributed by atoms with E-state index in [1.54, 1.807) is 6.07 Å². The molecule has 0 unspecified atom stereocenters. The molecule has 0 atom stereocenters. The Hall–Kier alpha value is -1.02. The first kappa shape index (κ1) is 20.0. The number of phenolic OH excluding ortho intramolecular Hbond substituents is 1. The molecular weight excluding hydrogens is 284 g/mol. The van der Waals surface area contributed by atoms with Crippen LogP contribution in [-0.4, -0.2) is 16.3 Å². The van der Waals surface area contributed by atoms with E-state index in [1.165, 1.54) is 64.2 Å². The number of aliphatic hydroxyl groups is 1. The number of para-hydroxylation sites is 1. The number of aryl methyl sites for hydroxylation is 1. The SMILES string of the molecule is CCCCCCCCCc1ccccc1O.OC1CCCCC1. The normalized spacial score (nSPS) is 15.0. The number of phenols is 1. The van der Waals surface area contributed by atoms with Crippen molar-refractivity contribution >= 4 is 0 Å². The van der Waals surface area contributed by atoms with Crippen molar-refractivity contribution in [3.63, 3.8) is 0 Å². The van der Waals surface area contributed by atoms with Crippen molar-refractivity contribution < 1.29 is 10.2 Å². The number of aliphatic hydroxyl groups excluding tert-OH is 1. The van der Waals surface area contributed by atoms with Gasteiger partial charge in [-0.1, -0.05) is 82.9 Å². The van der Waals surface area contributed by atoms with Crippen LogP contribution in [-0.2, 0) is 6.42 Å². The van der Waals surface area contributed by atoms with Crippen molar-refractivity contribution in [3.8, 4) is 5.75 Å². The first-order valence-electron chi connectivity index (χ1n) is 9.69. The van der Waals surface area contributed by atoms with E-state index in [4.69, 9.17) is 5.11 Å². The molecule has 2 nitrogen and oxygen atoms in total. The average molecular weight is 321 g/mol. The molecule has 2 heteroatoms. The van der Waals surface area contributed by atoms with Crippen LogP contribution in [0, 0.1) is 0 Å². The van der Waals surface area contributed by atoms with Crippen LogP contribution in [0.4, 0.5) is 0 Å². The highest BCUT2D eigenvalue weighted by Crippen LogP contribution is 2.19. The van der Waals surface area contributed by atoms with Gasteiger partial charge in [0.05, 0.1) is 6.10 Å². The quantitative estimate of drug-likeness (QED) is 0.577.